The summed E-state index contributed by atoms with van der Waals surface area (Å²) in [6, 6.07) is 11.4. The Kier molecular flexibility index (Phi) is 7.04. The number of hydrogen-bond donors (Lipinski definition) is 3. The van der Waals surface area contributed by atoms with Crippen LogP contribution < -0.4 is 14.8 Å². The first-order valence-electron chi connectivity index (χ1n) is 8.85. The third kappa shape index (κ3) is 6.84. The summed E-state index contributed by atoms with van der Waals surface area (Å²) in [5.41, 5.74) is 1.69. The monoisotopic (exact) mass is 439 g/mol. The molecule has 0 aromatic heterocycles. The van der Waals surface area contributed by atoms with Crippen molar-refractivity contribution in [3.05, 3.63) is 54.1 Å². The van der Waals surface area contributed by atoms with Crippen LogP contribution in [-0.2, 0) is 24.8 Å². The summed E-state index contributed by atoms with van der Waals surface area (Å²) >= 11 is 0. The number of hydrogen-bond acceptors (Lipinski definition) is 5. The maximum absolute atomic E-state index is 12.7. The molecule has 0 spiro atoms. The van der Waals surface area contributed by atoms with E-state index < -0.39 is 32.0 Å². The van der Waals surface area contributed by atoms with Crippen LogP contribution in [0.3, 0.4) is 0 Å². The van der Waals surface area contributed by atoms with Gasteiger partial charge in [0.05, 0.1) is 11.2 Å². The normalized spacial score (nSPS) is 13.1. The number of benzene rings is 2. The number of aryl methyl sites for hydroxylation is 1. The predicted molar refractivity (Wildman–Crippen MR) is 114 cm³/mol. The van der Waals surface area contributed by atoms with Crippen molar-refractivity contribution in [1.82, 2.24) is 4.72 Å². The standard InChI is InChI=1S/C19H25N3O5S2/c1-13(2)18(22-29(26,27)17-11-5-14(3)6-12-17)19(23)20-15-7-9-16(10-8-15)21-28(4,24)25/h5-13,18,21-22H,1-4H3,(H,20,23)/t18-/m0/s1. The van der Waals surface area contributed by atoms with Crippen LogP contribution in [0.15, 0.2) is 53.4 Å². The highest BCUT2D eigenvalue weighted by molar-refractivity contribution is 7.92. The largest absolute Gasteiger partial charge is 0.325 e. The molecule has 0 aliphatic rings. The Morgan fingerprint density at radius 2 is 1.38 bits per heavy atom. The molecule has 0 saturated carbocycles. The Labute approximate surface area is 171 Å². The van der Waals surface area contributed by atoms with Gasteiger partial charge in [0, 0.05) is 11.4 Å². The van der Waals surface area contributed by atoms with Gasteiger partial charge >= 0.3 is 0 Å². The number of anilines is 2. The van der Waals surface area contributed by atoms with Gasteiger partial charge in [-0.2, -0.15) is 4.72 Å². The van der Waals surface area contributed by atoms with E-state index >= 15 is 0 Å². The number of rotatable bonds is 8. The van der Waals surface area contributed by atoms with Crippen LogP contribution in [0.25, 0.3) is 0 Å². The molecule has 0 aliphatic carbocycles. The summed E-state index contributed by atoms with van der Waals surface area (Å²) in [5.74, 6) is -0.819. The van der Waals surface area contributed by atoms with Crippen molar-refractivity contribution in [1.29, 1.82) is 0 Å². The summed E-state index contributed by atoms with van der Waals surface area (Å²) < 4.78 is 52.6. The molecule has 8 nitrogen and oxygen atoms in total. The first-order chi connectivity index (χ1) is 13.4. The quantitative estimate of drug-likeness (QED) is 0.583. The van der Waals surface area contributed by atoms with Crippen LogP contribution in [0.5, 0.6) is 0 Å². The second-order valence-electron chi connectivity index (χ2n) is 7.10. The third-order valence-corrected chi connectivity index (χ3v) is 6.08. The van der Waals surface area contributed by atoms with E-state index in [2.05, 4.69) is 14.8 Å². The van der Waals surface area contributed by atoms with Gasteiger partial charge in [0.1, 0.15) is 6.04 Å². The average molecular weight is 440 g/mol. The van der Waals surface area contributed by atoms with Gasteiger partial charge in [0.15, 0.2) is 0 Å². The highest BCUT2D eigenvalue weighted by Gasteiger charge is 2.28. The molecule has 10 heteroatoms. The van der Waals surface area contributed by atoms with Crippen molar-refractivity contribution < 1.29 is 21.6 Å². The number of carbonyl (C=O) groups is 1. The summed E-state index contributed by atoms with van der Waals surface area (Å²) in [6.07, 6.45) is 1.04. The lowest BCUT2D eigenvalue weighted by Gasteiger charge is -2.22. The summed E-state index contributed by atoms with van der Waals surface area (Å²) in [5, 5.41) is 2.65. The molecule has 3 N–H and O–H groups in total. The van der Waals surface area contributed by atoms with E-state index in [0.717, 1.165) is 11.8 Å². The van der Waals surface area contributed by atoms with Crippen molar-refractivity contribution in [2.45, 2.75) is 31.7 Å². The number of carbonyl (C=O) groups excluding carboxylic acids is 1. The summed E-state index contributed by atoms with van der Waals surface area (Å²) in [6.45, 7) is 5.33. The fourth-order valence-electron chi connectivity index (χ4n) is 2.50. The molecule has 0 heterocycles. The number of amides is 1. The molecular formula is C19H25N3O5S2. The van der Waals surface area contributed by atoms with E-state index in [1.807, 2.05) is 6.92 Å². The first kappa shape index (κ1) is 22.9. The number of nitrogens with one attached hydrogen (secondary N) is 3. The van der Waals surface area contributed by atoms with Crippen molar-refractivity contribution >= 4 is 37.3 Å². The SMILES string of the molecule is Cc1ccc(S(=O)(=O)N[C@H](C(=O)Nc2ccc(NS(C)(=O)=O)cc2)C(C)C)cc1. The van der Waals surface area contributed by atoms with Crippen LogP contribution in [0.2, 0.25) is 0 Å². The average Bonchev–Trinajstić information content (AvgIpc) is 2.60. The topological polar surface area (TPSA) is 121 Å². The fraction of sp³-hybridized carbons (Fsp3) is 0.316. The van der Waals surface area contributed by atoms with E-state index in [1.54, 1.807) is 26.0 Å². The minimum Gasteiger partial charge on any atom is -0.325 e. The molecule has 0 fully saturated rings. The van der Waals surface area contributed by atoms with Crippen LogP contribution in [0.4, 0.5) is 11.4 Å². The zero-order valence-electron chi connectivity index (χ0n) is 16.6. The predicted octanol–water partition coefficient (Wildman–Crippen LogP) is 2.31. The van der Waals surface area contributed by atoms with Gasteiger partial charge in [-0.05, 0) is 49.2 Å². The molecule has 0 aliphatic heterocycles. The van der Waals surface area contributed by atoms with Crippen molar-refractivity contribution in [2.75, 3.05) is 16.3 Å². The van der Waals surface area contributed by atoms with Gasteiger partial charge in [-0.25, -0.2) is 16.8 Å². The lowest BCUT2D eigenvalue weighted by atomic mass is 10.0. The van der Waals surface area contributed by atoms with Gasteiger partial charge in [-0.15, -0.1) is 0 Å². The highest BCUT2D eigenvalue weighted by atomic mass is 32.2. The van der Waals surface area contributed by atoms with Crippen molar-refractivity contribution in [3.63, 3.8) is 0 Å². The van der Waals surface area contributed by atoms with E-state index in [-0.39, 0.29) is 10.8 Å². The maximum Gasteiger partial charge on any atom is 0.242 e. The second-order valence-corrected chi connectivity index (χ2v) is 10.6. The molecule has 0 radical (unpaired) electrons. The van der Waals surface area contributed by atoms with Gasteiger partial charge < -0.3 is 5.32 Å². The van der Waals surface area contributed by atoms with E-state index in [9.17, 15) is 21.6 Å². The van der Waals surface area contributed by atoms with Gasteiger partial charge in [0.2, 0.25) is 26.0 Å². The molecule has 158 valence electrons. The molecule has 0 unspecified atom stereocenters. The summed E-state index contributed by atoms with van der Waals surface area (Å²) in [4.78, 5) is 12.8. The van der Waals surface area contributed by atoms with E-state index in [0.29, 0.717) is 11.4 Å². The molecule has 2 aromatic carbocycles. The molecule has 1 atom stereocenters. The Bertz CT molecular complexity index is 1060. The Morgan fingerprint density at radius 3 is 1.86 bits per heavy atom. The smallest absolute Gasteiger partial charge is 0.242 e. The first-order valence-corrected chi connectivity index (χ1v) is 12.2. The lowest BCUT2D eigenvalue weighted by Crippen LogP contribution is -2.47. The van der Waals surface area contributed by atoms with Crippen molar-refractivity contribution in [3.8, 4) is 0 Å². The molecule has 29 heavy (non-hydrogen) atoms. The highest BCUT2D eigenvalue weighted by Crippen LogP contribution is 2.17. The molecule has 2 aromatic rings. The Balaban J connectivity index is 2.14. The Hall–Kier alpha value is -2.43. The van der Waals surface area contributed by atoms with Gasteiger partial charge in [-0.3, -0.25) is 9.52 Å². The van der Waals surface area contributed by atoms with Crippen LogP contribution in [0.1, 0.15) is 19.4 Å². The van der Waals surface area contributed by atoms with Crippen LogP contribution in [0, 0.1) is 12.8 Å². The minimum absolute atomic E-state index is 0.0813. The van der Waals surface area contributed by atoms with Gasteiger partial charge in [-0.1, -0.05) is 31.5 Å². The van der Waals surface area contributed by atoms with E-state index in [1.165, 1.54) is 36.4 Å². The molecule has 2 rings (SSSR count). The Morgan fingerprint density at radius 1 is 0.862 bits per heavy atom. The zero-order chi connectivity index (χ0) is 21.8. The second kappa shape index (κ2) is 8.93. The maximum atomic E-state index is 12.7. The van der Waals surface area contributed by atoms with Crippen molar-refractivity contribution in [2.24, 2.45) is 5.92 Å². The number of sulfonamides is 2. The fourth-order valence-corrected chi connectivity index (χ4v) is 4.41. The minimum atomic E-state index is -3.87. The molecule has 0 bridgehead atoms. The van der Waals surface area contributed by atoms with E-state index in [4.69, 9.17) is 0 Å². The molecular weight excluding hydrogens is 414 g/mol. The van der Waals surface area contributed by atoms with Crippen LogP contribution >= 0.6 is 0 Å². The zero-order valence-corrected chi connectivity index (χ0v) is 18.3. The van der Waals surface area contributed by atoms with Gasteiger partial charge in [0.25, 0.3) is 0 Å². The molecule has 0 saturated heterocycles. The molecule has 1 amide bonds. The third-order valence-electron chi connectivity index (χ3n) is 4.02. The van der Waals surface area contributed by atoms with Crippen LogP contribution in [-0.4, -0.2) is 35.0 Å². The lowest BCUT2D eigenvalue weighted by molar-refractivity contribution is -0.118. The summed E-state index contributed by atoms with van der Waals surface area (Å²) in [7, 11) is -7.27.